The van der Waals surface area contributed by atoms with Crippen LogP contribution in [0, 0.1) is 0 Å². The van der Waals surface area contributed by atoms with E-state index in [0.717, 1.165) is 44.9 Å². The Kier molecular flexibility index (Phi) is 34.6. The molecule has 0 spiro atoms. The predicted molar refractivity (Wildman–Crippen MR) is 197 cm³/mol. The molecular formula is C38H74NO8P. The highest BCUT2D eigenvalue weighted by atomic mass is 31.2. The third kappa shape index (κ3) is 34.6. The van der Waals surface area contributed by atoms with Gasteiger partial charge in [-0.3, -0.25) is 18.6 Å². The lowest BCUT2D eigenvalue weighted by Gasteiger charge is -2.19. The second-order valence-electron chi connectivity index (χ2n) is 13.2. The maximum absolute atomic E-state index is 12.5. The topological polar surface area (TPSA) is 134 Å². The molecule has 3 N–H and O–H groups in total. The lowest BCUT2D eigenvalue weighted by atomic mass is 10.0. The summed E-state index contributed by atoms with van der Waals surface area (Å²) >= 11 is 0. The molecule has 48 heavy (non-hydrogen) atoms. The van der Waals surface area contributed by atoms with Crippen LogP contribution in [-0.4, -0.2) is 49.3 Å². The van der Waals surface area contributed by atoms with E-state index in [2.05, 4.69) is 26.0 Å². The molecule has 0 heterocycles. The summed E-state index contributed by atoms with van der Waals surface area (Å²) in [7, 11) is -4.37. The van der Waals surface area contributed by atoms with Crippen molar-refractivity contribution >= 4 is 19.8 Å². The number of esters is 2. The van der Waals surface area contributed by atoms with Gasteiger partial charge in [0.15, 0.2) is 6.10 Å². The number of rotatable bonds is 37. The Labute approximate surface area is 294 Å². The minimum atomic E-state index is -4.37. The number of ether oxygens (including phenoxy) is 2. The summed E-state index contributed by atoms with van der Waals surface area (Å²) in [6.07, 6.45) is 33.8. The van der Waals surface area contributed by atoms with Gasteiger partial charge in [-0.05, 0) is 38.5 Å². The zero-order chi connectivity index (χ0) is 35.4. The number of hydrogen-bond donors (Lipinski definition) is 2. The number of phosphoric acid groups is 1. The first-order valence-electron chi connectivity index (χ1n) is 19.7. The SMILES string of the molecule is CCCCCCCC/C=C/CCCCCC(=O)O[C@H](COC(=O)CCCCCCCCCCCCCCCC)COP(=O)(O)OCCN. The summed E-state index contributed by atoms with van der Waals surface area (Å²) in [5, 5.41) is 0. The zero-order valence-corrected chi connectivity index (χ0v) is 31.9. The van der Waals surface area contributed by atoms with Gasteiger partial charge in [0.05, 0.1) is 13.2 Å². The average Bonchev–Trinajstić information content (AvgIpc) is 3.07. The van der Waals surface area contributed by atoms with Crippen LogP contribution in [0.1, 0.15) is 187 Å². The normalized spacial score (nSPS) is 13.5. The van der Waals surface area contributed by atoms with Crippen molar-refractivity contribution in [2.24, 2.45) is 5.73 Å². The fourth-order valence-electron chi connectivity index (χ4n) is 5.45. The Morgan fingerprint density at radius 1 is 0.604 bits per heavy atom. The number of carbonyl (C=O) groups is 2. The van der Waals surface area contributed by atoms with Gasteiger partial charge < -0.3 is 20.1 Å². The highest BCUT2D eigenvalue weighted by Crippen LogP contribution is 2.43. The average molecular weight is 704 g/mol. The van der Waals surface area contributed by atoms with Crippen LogP contribution in [0.15, 0.2) is 12.2 Å². The number of carbonyl (C=O) groups excluding carboxylic acids is 2. The van der Waals surface area contributed by atoms with Crippen LogP contribution >= 0.6 is 7.82 Å². The molecule has 0 aliphatic rings. The van der Waals surface area contributed by atoms with Crippen LogP contribution in [0.3, 0.4) is 0 Å². The van der Waals surface area contributed by atoms with Crippen molar-refractivity contribution in [2.75, 3.05) is 26.4 Å². The van der Waals surface area contributed by atoms with Crippen LogP contribution in [0.2, 0.25) is 0 Å². The predicted octanol–water partition coefficient (Wildman–Crippen LogP) is 10.7. The second-order valence-corrected chi connectivity index (χ2v) is 14.6. The Bertz CT molecular complexity index is 810. The van der Waals surface area contributed by atoms with E-state index in [4.69, 9.17) is 24.3 Å². The van der Waals surface area contributed by atoms with Gasteiger partial charge in [0.25, 0.3) is 0 Å². The van der Waals surface area contributed by atoms with Crippen molar-refractivity contribution in [3.05, 3.63) is 12.2 Å². The molecule has 0 saturated heterocycles. The van der Waals surface area contributed by atoms with E-state index in [1.807, 2.05) is 0 Å². The van der Waals surface area contributed by atoms with Crippen LogP contribution in [0.4, 0.5) is 0 Å². The zero-order valence-electron chi connectivity index (χ0n) is 31.0. The molecule has 9 nitrogen and oxygen atoms in total. The van der Waals surface area contributed by atoms with Crippen LogP contribution in [0.5, 0.6) is 0 Å². The number of allylic oxidation sites excluding steroid dienone is 2. The van der Waals surface area contributed by atoms with Crippen molar-refractivity contribution in [2.45, 2.75) is 193 Å². The van der Waals surface area contributed by atoms with Crippen molar-refractivity contribution in [3.8, 4) is 0 Å². The third-order valence-electron chi connectivity index (χ3n) is 8.40. The summed E-state index contributed by atoms with van der Waals surface area (Å²) in [6, 6.07) is 0. The highest BCUT2D eigenvalue weighted by Gasteiger charge is 2.25. The van der Waals surface area contributed by atoms with Crippen LogP contribution < -0.4 is 5.73 Å². The van der Waals surface area contributed by atoms with Gasteiger partial charge in [0.2, 0.25) is 0 Å². The van der Waals surface area contributed by atoms with Gasteiger partial charge >= 0.3 is 19.8 Å². The third-order valence-corrected chi connectivity index (χ3v) is 9.39. The van der Waals surface area contributed by atoms with Gasteiger partial charge in [-0.1, -0.05) is 148 Å². The second kappa shape index (κ2) is 35.6. The summed E-state index contributed by atoms with van der Waals surface area (Å²) < 4.78 is 32.6. The van der Waals surface area contributed by atoms with Crippen molar-refractivity contribution in [1.29, 1.82) is 0 Å². The van der Waals surface area contributed by atoms with E-state index in [1.54, 1.807) is 0 Å². The van der Waals surface area contributed by atoms with E-state index >= 15 is 0 Å². The quantitative estimate of drug-likeness (QED) is 0.0280. The highest BCUT2D eigenvalue weighted by molar-refractivity contribution is 7.47. The van der Waals surface area contributed by atoms with E-state index in [9.17, 15) is 19.0 Å². The minimum Gasteiger partial charge on any atom is -0.462 e. The summed E-state index contributed by atoms with van der Waals surface area (Å²) in [6.45, 7) is 3.71. The first-order valence-corrected chi connectivity index (χ1v) is 21.2. The van der Waals surface area contributed by atoms with Gasteiger partial charge in [0.1, 0.15) is 6.61 Å². The Morgan fingerprint density at radius 3 is 1.50 bits per heavy atom. The van der Waals surface area contributed by atoms with Gasteiger partial charge in [-0.2, -0.15) is 0 Å². The molecule has 10 heteroatoms. The summed E-state index contributed by atoms with van der Waals surface area (Å²) in [4.78, 5) is 34.7. The molecule has 0 saturated carbocycles. The van der Waals surface area contributed by atoms with Crippen molar-refractivity contribution < 1.29 is 37.6 Å². The van der Waals surface area contributed by atoms with Gasteiger partial charge in [-0.25, -0.2) is 4.57 Å². The maximum atomic E-state index is 12.5. The first-order chi connectivity index (χ1) is 23.3. The molecule has 0 radical (unpaired) electrons. The fourth-order valence-corrected chi connectivity index (χ4v) is 6.22. The Morgan fingerprint density at radius 2 is 1.02 bits per heavy atom. The molecule has 0 amide bonds. The van der Waals surface area contributed by atoms with Crippen molar-refractivity contribution in [3.63, 3.8) is 0 Å². The van der Waals surface area contributed by atoms with E-state index in [0.29, 0.717) is 6.42 Å². The molecule has 284 valence electrons. The molecule has 0 aliphatic carbocycles. The largest absolute Gasteiger partial charge is 0.472 e. The van der Waals surface area contributed by atoms with E-state index in [-0.39, 0.29) is 38.6 Å². The lowest BCUT2D eigenvalue weighted by Crippen LogP contribution is -2.29. The molecule has 0 rings (SSSR count). The monoisotopic (exact) mass is 704 g/mol. The van der Waals surface area contributed by atoms with Gasteiger partial charge in [-0.15, -0.1) is 0 Å². The number of nitrogens with two attached hydrogens (primary N) is 1. The maximum Gasteiger partial charge on any atom is 0.472 e. The van der Waals surface area contributed by atoms with Gasteiger partial charge in [0, 0.05) is 19.4 Å². The first kappa shape index (κ1) is 46.8. The molecular weight excluding hydrogens is 629 g/mol. The summed E-state index contributed by atoms with van der Waals surface area (Å²) in [5.74, 6) is -0.841. The molecule has 0 bridgehead atoms. The molecule has 0 fully saturated rings. The Balaban J connectivity index is 4.21. The molecule has 0 aromatic rings. The molecule has 0 aromatic heterocycles. The molecule has 0 aromatic carbocycles. The molecule has 1 unspecified atom stereocenters. The van der Waals surface area contributed by atoms with Crippen LogP contribution in [-0.2, 0) is 32.7 Å². The fraction of sp³-hybridized carbons (Fsp3) is 0.895. The Hall–Kier alpha value is -1.25. The lowest BCUT2D eigenvalue weighted by molar-refractivity contribution is -0.161. The molecule has 0 aliphatic heterocycles. The summed E-state index contributed by atoms with van der Waals surface area (Å²) in [5.41, 5.74) is 5.33. The molecule has 2 atom stereocenters. The standard InChI is InChI=1S/C38H74NO8P/c1-3-5-7-9-11-13-15-17-19-20-22-24-26-28-30-37(40)44-34-36(35-46-48(42,43)45-33-32-39)47-38(41)31-29-27-25-23-21-18-16-14-12-10-8-6-4-2/h18,21,36H,3-17,19-20,22-35,39H2,1-2H3,(H,42,43)/b21-18+/t36-/m1/s1. The number of phosphoric ester groups is 1. The van der Waals surface area contributed by atoms with E-state index < -0.39 is 26.5 Å². The smallest absolute Gasteiger partial charge is 0.462 e. The van der Waals surface area contributed by atoms with Crippen LogP contribution in [0.25, 0.3) is 0 Å². The number of hydrogen-bond acceptors (Lipinski definition) is 8. The minimum absolute atomic E-state index is 0.0537. The number of unbranched alkanes of at least 4 members (excludes halogenated alkanes) is 22. The van der Waals surface area contributed by atoms with E-state index in [1.165, 1.54) is 109 Å². The van der Waals surface area contributed by atoms with Crippen molar-refractivity contribution in [1.82, 2.24) is 0 Å².